The topological polar surface area (TPSA) is 92.8 Å². The Kier molecular flexibility index (Phi) is 6.56. The highest BCUT2D eigenvalue weighted by Crippen LogP contribution is 2.34. The van der Waals surface area contributed by atoms with Crippen molar-refractivity contribution in [1.82, 2.24) is 0 Å². The van der Waals surface area contributed by atoms with Gasteiger partial charge in [0.1, 0.15) is 5.75 Å². The van der Waals surface area contributed by atoms with Crippen LogP contribution in [-0.2, 0) is 32.2 Å². The van der Waals surface area contributed by atoms with E-state index in [4.69, 9.17) is 16.3 Å². The molecule has 0 saturated heterocycles. The molecule has 7 nitrogen and oxygen atoms in total. The van der Waals surface area contributed by atoms with E-state index >= 15 is 0 Å². The largest absolute Gasteiger partial charge is 0.497 e. The highest BCUT2D eigenvalue weighted by atomic mass is 35.5. The monoisotopic (exact) mass is 506 g/mol. The maximum Gasteiger partial charge on any atom is 0.264 e. The molecule has 0 aliphatic carbocycles. The maximum absolute atomic E-state index is 13.3. The summed E-state index contributed by atoms with van der Waals surface area (Å²) in [7, 11) is -5.96. The van der Waals surface area contributed by atoms with Gasteiger partial charge >= 0.3 is 0 Å². The number of hydrogen-bond acceptors (Lipinski definition) is 5. The number of methoxy groups -OCH3 is 1. The fourth-order valence-corrected chi connectivity index (χ4v) is 6.83. The summed E-state index contributed by atoms with van der Waals surface area (Å²) in [5.41, 5.74) is 2.19. The van der Waals surface area contributed by atoms with Gasteiger partial charge in [0.05, 0.1) is 23.4 Å². The fraction of sp³-hybridized carbons (Fsp3) is 0.217. The van der Waals surface area contributed by atoms with Gasteiger partial charge in [-0.25, -0.2) is 16.8 Å². The van der Waals surface area contributed by atoms with Gasteiger partial charge in [-0.05, 0) is 72.5 Å². The van der Waals surface area contributed by atoms with Gasteiger partial charge in [-0.3, -0.25) is 9.03 Å². The zero-order valence-electron chi connectivity index (χ0n) is 17.9. The first-order chi connectivity index (χ1) is 15.7. The van der Waals surface area contributed by atoms with Gasteiger partial charge in [-0.15, -0.1) is 0 Å². The van der Waals surface area contributed by atoms with Crippen LogP contribution in [0.15, 0.2) is 71.6 Å². The lowest BCUT2D eigenvalue weighted by Gasteiger charge is -2.31. The van der Waals surface area contributed by atoms with Crippen molar-refractivity contribution in [2.45, 2.75) is 23.5 Å². The molecule has 1 aliphatic heterocycles. The number of fused-ring (bicyclic) bond motifs is 1. The molecule has 0 radical (unpaired) electrons. The summed E-state index contributed by atoms with van der Waals surface area (Å²) in [6.45, 7) is 0.346. The van der Waals surface area contributed by atoms with E-state index in [9.17, 15) is 16.8 Å². The van der Waals surface area contributed by atoms with Gasteiger partial charge in [-0.1, -0.05) is 29.8 Å². The van der Waals surface area contributed by atoms with E-state index < -0.39 is 20.0 Å². The molecule has 1 heterocycles. The molecular weight excluding hydrogens is 484 g/mol. The molecule has 4 rings (SSSR count). The van der Waals surface area contributed by atoms with Crippen molar-refractivity contribution in [1.29, 1.82) is 0 Å². The Bertz CT molecular complexity index is 1370. The summed E-state index contributed by atoms with van der Waals surface area (Å²) in [5, 5.41) is 0.382. The third-order valence-electron chi connectivity index (χ3n) is 5.38. The van der Waals surface area contributed by atoms with Crippen LogP contribution in [0.4, 0.5) is 11.4 Å². The van der Waals surface area contributed by atoms with Crippen molar-refractivity contribution in [2.75, 3.05) is 22.7 Å². The normalized spacial score (nSPS) is 13.9. The first-order valence-corrected chi connectivity index (χ1v) is 13.7. The van der Waals surface area contributed by atoms with Crippen LogP contribution in [0.1, 0.15) is 17.5 Å². The first kappa shape index (κ1) is 23.4. The highest BCUT2D eigenvalue weighted by Gasteiger charge is 2.29. The zero-order chi connectivity index (χ0) is 23.6. The molecule has 10 heteroatoms. The quantitative estimate of drug-likeness (QED) is 0.511. The maximum atomic E-state index is 13.3. The van der Waals surface area contributed by atoms with Crippen LogP contribution in [0.2, 0.25) is 5.02 Å². The predicted octanol–water partition coefficient (Wildman–Crippen LogP) is 4.43. The number of benzene rings is 3. The molecule has 0 spiro atoms. The smallest absolute Gasteiger partial charge is 0.264 e. The van der Waals surface area contributed by atoms with Gasteiger partial charge in [0, 0.05) is 17.3 Å². The predicted molar refractivity (Wildman–Crippen MR) is 130 cm³/mol. The Hall–Kier alpha value is -2.75. The van der Waals surface area contributed by atoms with Crippen LogP contribution in [0.5, 0.6) is 5.75 Å². The summed E-state index contributed by atoms with van der Waals surface area (Å²) >= 11 is 6.09. The van der Waals surface area contributed by atoms with E-state index in [1.165, 1.54) is 23.5 Å². The van der Waals surface area contributed by atoms with Crippen LogP contribution < -0.4 is 13.8 Å². The molecule has 0 saturated carbocycles. The summed E-state index contributed by atoms with van der Waals surface area (Å²) in [6.07, 6.45) is 1.27. The minimum absolute atomic E-state index is 0.167. The molecule has 3 aromatic rings. The lowest BCUT2D eigenvalue weighted by atomic mass is 10.0. The SMILES string of the molecule is COc1ccc(S(=O)(=O)N2CCCc3cc(NS(=O)(=O)Cc4ccccc4Cl)ccc32)cc1. The van der Waals surface area contributed by atoms with Crippen molar-refractivity contribution in [3.05, 3.63) is 82.9 Å². The minimum Gasteiger partial charge on any atom is -0.497 e. The Morgan fingerprint density at radius 2 is 1.73 bits per heavy atom. The van der Waals surface area contributed by atoms with E-state index in [1.807, 2.05) is 0 Å². The first-order valence-electron chi connectivity index (χ1n) is 10.2. The molecule has 33 heavy (non-hydrogen) atoms. The molecule has 0 amide bonds. The third kappa shape index (κ3) is 5.10. The number of nitrogens with zero attached hydrogens (tertiary/aromatic N) is 1. The number of hydrogen-bond donors (Lipinski definition) is 1. The van der Waals surface area contributed by atoms with Crippen LogP contribution in [0.25, 0.3) is 0 Å². The number of anilines is 2. The molecule has 0 atom stereocenters. The lowest BCUT2D eigenvalue weighted by Crippen LogP contribution is -2.35. The van der Waals surface area contributed by atoms with Gasteiger partial charge < -0.3 is 4.74 Å². The molecular formula is C23H23ClN2O5S2. The second kappa shape index (κ2) is 9.24. The number of rotatable bonds is 7. The molecule has 0 fully saturated rings. The molecule has 1 N–H and O–H groups in total. The van der Waals surface area contributed by atoms with Gasteiger partial charge in [-0.2, -0.15) is 0 Å². The van der Waals surface area contributed by atoms with Crippen molar-refractivity contribution in [2.24, 2.45) is 0 Å². The van der Waals surface area contributed by atoms with Crippen molar-refractivity contribution in [3.8, 4) is 5.75 Å². The van der Waals surface area contributed by atoms with Crippen LogP contribution >= 0.6 is 11.6 Å². The van der Waals surface area contributed by atoms with Crippen molar-refractivity contribution >= 4 is 43.0 Å². The lowest BCUT2D eigenvalue weighted by molar-refractivity contribution is 0.414. The summed E-state index contributed by atoms with van der Waals surface area (Å²) in [5.74, 6) is 0.309. The number of ether oxygens (including phenoxy) is 1. The Morgan fingerprint density at radius 1 is 1.00 bits per heavy atom. The van der Waals surface area contributed by atoms with E-state index in [0.717, 1.165) is 5.56 Å². The van der Waals surface area contributed by atoms with E-state index in [0.29, 0.717) is 47.1 Å². The van der Waals surface area contributed by atoms with E-state index in [1.54, 1.807) is 54.6 Å². The summed E-state index contributed by atoms with van der Waals surface area (Å²) in [6, 6.07) is 17.9. The summed E-state index contributed by atoms with van der Waals surface area (Å²) in [4.78, 5) is 0.167. The molecule has 0 bridgehead atoms. The standard InChI is InChI=1S/C23H23ClN2O5S2/c1-31-20-9-11-21(12-10-20)33(29,30)26-14-4-6-17-15-19(8-13-23(17)26)25-32(27,28)16-18-5-2-3-7-22(18)24/h2-3,5,7-13,15,25H,4,6,14,16H2,1H3. The van der Waals surface area contributed by atoms with Crippen LogP contribution in [-0.4, -0.2) is 30.5 Å². The number of aryl methyl sites for hydroxylation is 1. The Labute approximate surface area is 199 Å². The van der Waals surface area contributed by atoms with Gasteiger partial charge in [0.25, 0.3) is 10.0 Å². The zero-order valence-corrected chi connectivity index (χ0v) is 20.3. The fourth-order valence-electron chi connectivity index (χ4n) is 3.79. The van der Waals surface area contributed by atoms with Gasteiger partial charge in [0.15, 0.2) is 0 Å². The number of halogens is 1. The van der Waals surface area contributed by atoms with Crippen LogP contribution in [0, 0.1) is 0 Å². The average Bonchev–Trinajstić information content (AvgIpc) is 2.79. The van der Waals surface area contributed by atoms with Crippen LogP contribution in [0.3, 0.4) is 0 Å². The number of nitrogens with one attached hydrogen (secondary N) is 1. The molecule has 174 valence electrons. The highest BCUT2D eigenvalue weighted by molar-refractivity contribution is 7.93. The summed E-state index contributed by atoms with van der Waals surface area (Å²) < 4.78 is 60.9. The van der Waals surface area contributed by atoms with Gasteiger partial charge in [0.2, 0.25) is 10.0 Å². The minimum atomic E-state index is -3.77. The Morgan fingerprint density at radius 3 is 2.42 bits per heavy atom. The second-order valence-electron chi connectivity index (χ2n) is 7.65. The average molecular weight is 507 g/mol. The van der Waals surface area contributed by atoms with E-state index in [-0.39, 0.29) is 10.6 Å². The second-order valence-corrected chi connectivity index (χ2v) is 11.6. The molecule has 0 unspecified atom stereocenters. The number of sulfonamides is 2. The van der Waals surface area contributed by atoms with Crippen molar-refractivity contribution < 1.29 is 21.6 Å². The molecule has 1 aliphatic rings. The van der Waals surface area contributed by atoms with E-state index in [2.05, 4.69) is 4.72 Å². The molecule has 0 aromatic heterocycles. The Balaban J connectivity index is 1.58. The molecule has 3 aromatic carbocycles. The van der Waals surface area contributed by atoms with Crippen molar-refractivity contribution in [3.63, 3.8) is 0 Å². The third-order valence-corrected chi connectivity index (χ3v) is 8.81.